The highest BCUT2D eigenvalue weighted by atomic mass is 79.9. The molecule has 0 aliphatic carbocycles. The van der Waals surface area contributed by atoms with Gasteiger partial charge in [-0.3, -0.25) is 0 Å². The predicted octanol–water partition coefficient (Wildman–Crippen LogP) is 3.49. The zero-order chi connectivity index (χ0) is 11.1. The second kappa shape index (κ2) is 6.24. The van der Waals surface area contributed by atoms with Crippen molar-refractivity contribution < 1.29 is 4.79 Å². The van der Waals surface area contributed by atoms with Gasteiger partial charge in [-0.05, 0) is 34.5 Å². The largest absolute Gasteiger partial charge is 0.323 e. The molecular formula is C11H13BrN2O. The standard InChI is InChI=1S/C11H13BrN2O/c1-2-3-8-13-11(15)14-10-7-5-4-6-9(10)12/h3-8H,2H2,1H3,(H2,13,14,15)/b8-3+. The molecule has 1 rings (SSSR count). The van der Waals surface area contributed by atoms with Crippen LogP contribution in [0.2, 0.25) is 0 Å². The quantitative estimate of drug-likeness (QED) is 0.866. The van der Waals surface area contributed by atoms with E-state index in [0.717, 1.165) is 16.6 Å². The van der Waals surface area contributed by atoms with E-state index in [-0.39, 0.29) is 6.03 Å². The SMILES string of the molecule is CC/C=C/NC(=O)Nc1ccccc1Br. The average molecular weight is 269 g/mol. The molecule has 80 valence electrons. The zero-order valence-corrected chi connectivity index (χ0v) is 10.0. The summed E-state index contributed by atoms with van der Waals surface area (Å²) >= 11 is 3.35. The number of para-hydroxylation sites is 1. The Labute approximate surface area is 97.7 Å². The van der Waals surface area contributed by atoms with Gasteiger partial charge in [0.1, 0.15) is 0 Å². The summed E-state index contributed by atoms with van der Waals surface area (Å²) < 4.78 is 0.861. The van der Waals surface area contributed by atoms with Gasteiger partial charge in [0, 0.05) is 10.7 Å². The smallest absolute Gasteiger partial charge is 0.315 e. The fourth-order valence-corrected chi connectivity index (χ4v) is 1.36. The van der Waals surface area contributed by atoms with Crippen LogP contribution < -0.4 is 10.6 Å². The number of allylic oxidation sites excluding steroid dienone is 1. The van der Waals surface area contributed by atoms with E-state index >= 15 is 0 Å². The maximum absolute atomic E-state index is 11.3. The molecule has 0 unspecified atom stereocenters. The molecule has 0 saturated heterocycles. The Morgan fingerprint density at radius 3 is 2.87 bits per heavy atom. The number of carbonyl (C=O) groups excluding carboxylic acids is 1. The lowest BCUT2D eigenvalue weighted by molar-refractivity contribution is 0.255. The van der Waals surface area contributed by atoms with Crippen LogP contribution in [0.25, 0.3) is 0 Å². The third kappa shape index (κ3) is 4.16. The fraction of sp³-hybridized carbons (Fsp3) is 0.182. The number of amides is 2. The van der Waals surface area contributed by atoms with Gasteiger partial charge >= 0.3 is 6.03 Å². The summed E-state index contributed by atoms with van der Waals surface area (Å²) in [4.78, 5) is 11.3. The molecule has 1 aromatic carbocycles. The first-order valence-corrected chi connectivity index (χ1v) is 5.50. The van der Waals surface area contributed by atoms with Gasteiger partial charge in [0.15, 0.2) is 0 Å². The van der Waals surface area contributed by atoms with Crippen molar-refractivity contribution in [3.8, 4) is 0 Å². The molecule has 0 spiro atoms. The van der Waals surface area contributed by atoms with Crippen molar-refractivity contribution in [2.75, 3.05) is 5.32 Å². The molecule has 0 atom stereocenters. The van der Waals surface area contributed by atoms with Crippen molar-refractivity contribution in [1.82, 2.24) is 5.32 Å². The summed E-state index contributed by atoms with van der Waals surface area (Å²) in [5, 5.41) is 5.33. The Balaban J connectivity index is 2.52. The van der Waals surface area contributed by atoms with E-state index in [9.17, 15) is 4.79 Å². The van der Waals surface area contributed by atoms with Crippen LogP contribution in [0.1, 0.15) is 13.3 Å². The van der Waals surface area contributed by atoms with Gasteiger partial charge in [-0.15, -0.1) is 0 Å². The van der Waals surface area contributed by atoms with E-state index in [1.807, 2.05) is 37.3 Å². The van der Waals surface area contributed by atoms with Crippen molar-refractivity contribution in [1.29, 1.82) is 0 Å². The second-order valence-electron chi connectivity index (χ2n) is 2.89. The minimum absolute atomic E-state index is 0.244. The predicted molar refractivity (Wildman–Crippen MR) is 65.7 cm³/mol. The first-order chi connectivity index (χ1) is 7.24. The second-order valence-corrected chi connectivity index (χ2v) is 3.74. The van der Waals surface area contributed by atoms with Gasteiger partial charge in [0.25, 0.3) is 0 Å². The number of nitrogens with one attached hydrogen (secondary N) is 2. The van der Waals surface area contributed by atoms with Crippen LogP contribution in [0.5, 0.6) is 0 Å². The lowest BCUT2D eigenvalue weighted by atomic mass is 10.3. The Bertz CT molecular complexity index is 363. The van der Waals surface area contributed by atoms with Gasteiger partial charge in [0.05, 0.1) is 5.69 Å². The normalized spacial score (nSPS) is 10.3. The molecule has 0 fully saturated rings. The Morgan fingerprint density at radius 2 is 2.20 bits per heavy atom. The number of hydrogen-bond donors (Lipinski definition) is 2. The number of urea groups is 1. The molecule has 0 bridgehead atoms. The minimum Gasteiger partial charge on any atom is -0.315 e. The lowest BCUT2D eigenvalue weighted by Gasteiger charge is -2.05. The van der Waals surface area contributed by atoms with Crippen molar-refractivity contribution in [2.45, 2.75) is 13.3 Å². The van der Waals surface area contributed by atoms with E-state index in [1.54, 1.807) is 6.20 Å². The van der Waals surface area contributed by atoms with Crippen LogP contribution in [0.3, 0.4) is 0 Å². The first-order valence-electron chi connectivity index (χ1n) is 4.71. The Hall–Kier alpha value is -1.29. The summed E-state index contributed by atoms with van der Waals surface area (Å²) in [5.41, 5.74) is 0.750. The average Bonchev–Trinajstić information content (AvgIpc) is 2.22. The summed E-state index contributed by atoms with van der Waals surface area (Å²) in [6, 6.07) is 7.21. The number of hydrogen-bond acceptors (Lipinski definition) is 1. The highest BCUT2D eigenvalue weighted by Crippen LogP contribution is 2.20. The number of benzene rings is 1. The molecule has 1 aromatic rings. The third-order valence-corrected chi connectivity index (χ3v) is 2.38. The van der Waals surface area contributed by atoms with Crippen LogP contribution in [0, 0.1) is 0 Å². The van der Waals surface area contributed by atoms with E-state index in [4.69, 9.17) is 0 Å². The molecular weight excluding hydrogens is 256 g/mol. The number of halogens is 1. The van der Waals surface area contributed by atoms with E-state index in [2.05, 4.69) is 26.6 Å². The number of carbonyl (C=O) groups is 1. The van der Waals surface area contributed by atoms with E-state index in [1.165, 1.54) is 0 Å². The molecule has 3 nitrogen and oxygen atoms in total. The molecule has 2 amide bonds. The highest BCUT2D eigenvalue weighted by molar-refractivity contribution is 9.10. The first kappa shape index (κ1) is 11.8. The molecule has 0 radical (unpaired) electrons. The van der Waals surface area contributed by atoms with Gasteiger partial charge in [-0.25, -0.2) is 4.79 Å². The monoisotopic (exact) mass is 268 g/mol. The molecule has 0 aromatic heterocycles. The van der Waals surface area contributed by atoms with E-state index < -0.39 is 0 Å². The zero-order valence-electron chi connectivity index (χ0n) is 8.46. The van der Waals surface area contributed by atoms with Crippen LogP contribution in [-0.4, -0.2) is 6.03 Å². The van der Waals surface area contributed by atoms with Gasteiger partial charge in [0.2, 0.25) is 0 Å². The van der Waals surface area contributed by atoms with Crippen LogP contribution in [0.4, 0.5) is 10.5 Å². The van der Waals surface area contributed by atoms with Crippen molar-refractivity contribution in [3.63, 3.8) is 0 Å². The Morgan fingerprint density at radius 1 is 1.47 bits per heavy atom. The molecule has 0 aliphatic rings. The third-order valence-electron chi connectivity index (χ3n) is 1.69. The van der Waals surface area contributed by atoms with Gasteiger partial charge in [-0.1, -0.05) is 25.1 Å². The van der Waals surface area contributed by atoms with Crippen molar-refractivity contribution >= 4 is 27.6 Å². The van der Waals surface area contributed by atoms with Crippen molar-refractivity contribution in [2.24, 2.45) is 0 Å². The minimum atomic E-state index is -0.244. The molecule has 0 aliphatic heterocycles. The maximum atomic E-state index is 11.3. The summed E-state index contributed by atoms with van der Waals surface area (Å²) in [6.07, 6.45) is 4.40. The number of rotatable bonds is 3. The molecule has 0 saturated carbocycles. The highest BCUT2D eigenvalue weighted by Gasteiger charge is 2.01. The van der Waals surface area contributed by atoms with Gasteiger partial charge in [-0.2, -0.15) is 0 Å². The molecule has 0 heterocycles. The van der Waals surface area contributed by atoms with Crippen LogP contribution in [-0.2, 0) is 0 Å². The molecule has 2 N–H and O–H groups in total. The lowest BCUT2D eigenvalue weighted by Crippen LogP contribution is -2.23. The maximum Gasteiger partial charge on any atom is 0.323 e. The van der Waals surface area contributed by atoms with Crippen molar-refractivity contribution in [3.05, 3.63) is 41.0 Å². The van der Waals surface area contributed by atoms with Crippen LogP contribution >= 0.6 is 15.9 Å². The number of anilines is 1. The molecule has 4 heteroatoms. The summed E-state index contributed by atoms with van der Waals surface area (Å²) in [7, 11) is 0. The fourth-order valence-electron chi connectivity index (χ4n) is 0.973. The molecule has 15 heavy (non-hydrogen) atoms. The summed E-state index contributed by atoms with van der Waals surface area (Å²) in [6.45, 7) is 2.00. The van der Waals surface area contributed by atoms with Crippen LogP contribution in [0.15, 0.2) is 41.0 Å². The summed E-state index contributed by atoms with van der Waals surface area (Å²) in [5.74, 6) is 0. The Kier molecular flexibility index (Phi) is 4.90. The van der Waals surface area contributed by atoms with Gasteiger partial charge < -0.3 is 10.6 Å². The van der Waals surface area contributed by atoms with E-state index in [0.29, 0.717) is 0 Å². The topological polar surface area (TPSA) is 41.1 Å².